The summed E-state index contributed by atoms with van der Waals surface area (Å²) in [7, 11) is 0. The van der Waals surface area contributed by atoms with Crippen LogP contribution < -0.4 is 0 Å². The zero-order valence-electron chi connectivity index (χ0n) is 13.8. The molecule has 2 N–H and O–H groups in total. The van der Waals surface area contributed by atoms with Crippen LogP contribution in [0.5, 0.6) is 0 Å². The molecule has 2 saturated carbocycles. The lowest BCUT2D eigenvalue weighted by molar-refractivity contribution is -0.131. The zero-order chi connectivity index (χ0) is 16.0. The van der Waals surface area contributed by atoms with E-state index in [1.54, 1.807) is 6.92 Å². The van der Waals surface area contributed by atoms with Crippen LogP contribution >= 0.6 is 0 Å². The highest BCUT2D eigenvalue weighted by Gasteiger charge is 2.50. The SMILES string of the molecule is C=C1CCC(C)(O)C1(C)C.CC1(O)CCC(=O)C1(C)C. The van der Waals surface area contributed by atoms with E-state index in [1.165, 1.54) is 5.57 Å². The number of hydrogen-bond donors (Lipinski definition) is 2. The van der Waals surface area contributed by atoms with Gasteiger partial charge in [-0.1, -0.05) is 39.8 Å². The van der Waals surface area contributed by atoms with E-state index in [0.717, 1.165) is 12.8 Å². The van der Waals surface area contributed by atoms with Gasteiger partial charge in [-0.3, -0.25) is 4.79 Å². The van der Waals surface area contributed by atoms with Gasteiger partial charge in [-0.25, -0.2) is 0 Å². The van der Waals surface area contributed by atoms with Crippen LogP contribution in [0.3, 0.4) is 0 Å². The Morgan fingerprint density at radius 2 is 1.25 bits per heavy atom. The van der Waals surface area contributed by atoms with E-state index in [1.807, 2.05) is 20.8 Å². The summed E-state index contributed by atoms with van der Waals surface area (Å²) in [6.07, 6.45) is 2.97. The summed E-state index contributed by atoms with van der Waals surface area (Å²) in [5, 5.41) is 19.5. The molecule has 0 bridgehead atoms. The lowest BCUT2D eigenvalue weighted by Gasteiger charge is -2.33. The molecule has 0 aliphatic heterocycles. The molecular formula is C17H30O3. The Balaban J connectivity index is 0.000000200. The molecule has 2 fully saturated rings. The van der Waals surface area contributed by atoms with E-state index in [2.05, 4.69) is 20.4 Å². The Bertz CT molecular complexity index is 374. The fraction of sp³-hybridized carbons (Fsp3) is 0.824. The Morgan fingerprint density at radius 3 is 1.35 bits per heavy atom. The Kier molecular flexibility index (Phi) is 4.31. The minimum Gasteiger partial charge on any atom is -0.389 e. The van der Waals surface area contributed by atoms with E-state index < -0.39 is 16.6 Å². The van der Waals surface area contributed by atoms with Crippen molar-refractivity contribution in [3.8, 4) is 0 Å². The summed E-state index contributed by atoms with van der Waals surface area (Å²) in [6, 6.07) is 0. The van der Waals surface area contributed by atoms with Crippen LogP contribution in [0.1, 0.15) is 67.2 Å². The average molecular weight is 282 g/mol. The van der Waals surface area contributed by atoms with Gasteiger partial charge >= 0.3 is 0 Å². The van der Waals surface area contributed by atoms with Gasteiger partial charge in [-0.2, -0.15) is 0 Å². The third-order valence-corrected chi connectivity index (χ3v) is 6.03. The Hall–Kier alpha value is -0.670. The molecule has 2 rings (SSSR count). The molecule has 3 nitrogen and oxygen atoms in total. The predicted octanol–water partition coefficient (Wildman–Crippen LogP) is 3.24. The predicted molar refractivity (Wildman–Crippen MR) is 81.4 cm³/mol. The highest BCUT2D eigenvalue weighted by atomic mass is 16.3. The smallest absolute Gasteiger partial charge is 0.141 e. The normalized spacial score (nSPS) is 38.6. The maximum atomic E-state index is 11.2. The average Bonchev–Trinajstić information content (AvgIpc) is 2.60. The number of aliphatic hydroxyl groups is 2. The number of ketones is 1. The van der Waals surface area contributed by atoms with Crippen molar-refractivity contribution in [2.75, 3.05) is 0 Å². The van der Waals surface area contributed by atoms with Crippen molar-refractivity contribution < 1.29 is 15.0 Å². The van der Waals surface area contributed by atoms with Gasteiger partial charge in [0.2, 0.25) is 0 Å². The third-order valence-electron chi connectivity index (χ3n) is 6.03. The maximum Gasteiger partial charge on any atom is 0.141 e. The fourth-order valence-corrected chi connectivity index (χ4v) is 2.68. The van der Waals surface area contributed by atoms with Crippen molar-refractivity contribution in [1.29, 1.82) is 0 Å². The van der Waals surface area contributed by atoms with Crippen LogP contribution in [0.25, 0.3) is 0 Å². The minimum absolute atomic E-state index is 0.0903. The summed E-state index contributed by atoms with van der Waals surface area (Å²) in [4.78, 5) is 11.2. The lowest BCUT2D eigenvalue weighted by atomic mass is 9.77. The fourth-order valence-electron chi connectivity index (χ4n) is 2.68. The summed E-state index contributed by atoms with van der Waals surface area (Å²) >= 11 is 0. The van der Waals surface area contributed by atoms with Crippen molar-refractivity contribution in [2.45, 2.75) is 78.4 Å². The summed E-state index contributed by atoms with van der Waals surface area (Å²) in [6.45, 7) is 15.3. The van der Waals surface area contributed by atoms with Gasteiger partial charge in [-0.15, -0.1) is 0 Å². The Labute approximate surface area is 123 Å². The van der Waals surface area contributed by atoms with Crippen molar-refractivity contribution in [2.24, 2.45) is 10.8 Å². The second-order valence-corrected chi connectivity index (χ2v) is 7.82. The van der Waals surface area contributed by atoms with Gasteiger partial charge in [0.1, 0.15) is 5.78 Å². The van der Waals surface area contributed by atoms with Crippen LogP contribution in [-0.4, -0.2) is 27.2 Å². The quantitative estimate of drug-likeness (QED) is 0.671. The van der Waals surface area contributed by atoms with Crippen molar-refractivity contribution in [1.82, 2.24) is 0 Å². The largest absolute Gasteiger partial charge is 0.389 e. The molecule has 2 aliphatic carbocycles. The molecule has 0 amide bonds. The van der Waals surface area contributed by atoms with E-state index in [4.69, 9.17) is 0 Å². The molecular weight excluding hydrogens is 252 g/mol. The molecule has 2 aliphatic rings. The first-order valence-electron chi connectivity index (χ1n) is 7.42. The van der Waals surface area contributed by atoms with Crippen molar-refractivity contribution >= 4 is 5.78 Å². The highest BCUT2D eigenvalue weighted by Crippen LogP contribution is 2.48. The number of rotatable bonds is 0. The zero-order valence-corrected chi connectivity index (χ0v) is 13.8. The lowest BCUT2D eigenvalue weighted by Crippen LogP contribution is -2.40. The summed E-state index contributed by atoms with van der Waals surface area (Å²) in [5.41, 5.74) is -0.772. The van der Waals surface area contributed by atoms with Gasteiger partial charge < -0.3 is 10.2 Å². The number of hydrogen-bond acceptors (Lipinski definition) is 3. The molecule has 0 aromatic rings. The molecule has 2 unspecified atom stereocenters. The molecule has 0 spiro atoms. The first kappa shape index (κ1) is 17.4. The van der Waals surface area contributed by atoms with E-state index in [0.29, 0.717) is 12.8 Å². The molecule has 116 valence electrons. The molecule has 0 saturated heterocycles. The van der Waals surface area contributed by atoms with Crippen LogP contribution in [-0.2, 0) is 4.79 Å². The van der Waals surface area contributed by atoms with Gasteiger partial charge in [0.15, 0.2) is 0 Å². The maximum absolute atomic E-state index is 11.2. The number of Topliss-reactive ketones (excluding diaryl/α,β-unsaturated/α-hetero) is 1. The van der Waals surface area contributed by atoms with Gasteiger partial charge in [-0.05, 0) is 33.1 Å². The van der Waals surface area contributed by atoms with Crippen LogP contribution in [0.15, 0.2) is 12.2 Å². The van der Waals surface area contributed by atoms with Crippen LogP contribution in [0, 0.1) is 10.8 Å². The van der Waals surface area contributed by atoms with Gasteiger partial charge in [0.05, 0.1) is 16.6 Å². The summed E-state index contributed by atoms with van der Waals surface area (Å²) in [5.74, 6) is 0.178. The second kappa shape index (κ2) is 4.96. The topological polar surface area (TPSA) is 57.5 Å². The second-order valence-electron chi connectivity index (χ2n) is 7.82. The van der Waals surface area contributed by atoms with Crippen molar-refractivity contribution in [3.05, 3.63) is 12.2 Å². The van der Waals surface area contributed by atoms with E-state index in [-0.39, 0.29) is 11.2 Å². The molecule has 0 heterocycles. The minimum atomic E-state index is -0.788. The molecule has 2 atom stereocenters. The number of carbonyl (C=O) groups excluding carboxylic acids is 1. The first-order valence-corrected chi connectivity index (χ1v) is 7.42. The molecule has 0 radical (unpaired) electrons. The molecule has 20 heavy (non-hydrogen) atoms. The van der Waals surface area contributed by atoms with E-state index in [9.17, 15) is 15.0 Å². The third kappa shape index (κ3) is 2.71. The van der Waals surface area contributed by atoms with Crippen LogP contribution in [0.2, 0.25) is 0 Å². The highest BCUT2D eigenvalue weighted by molar-refractivity contribution is 5.87. The van der Waals surface area contributed by atoms with Crippen molar-refractivity contribution in [3.63, 3.8) is 0 Å². The number of carbonyl (C=O) groups is 1. The molecule has 0 aromatic heterocycles. The monoisotopic (exact) mass is 282 g/mol. The molecule has 3 heteroatoms. The van der Waals surface area contributed by atoms with E-state index >= 15 is 0 Å². The molecule has 0 aromatic carbocycles. The Morgan fingerprint density at radius 1 is 0.850 bits per heavy atom. The standard InChI is InChI=1S/C9H16O.C8H14O2/c1-7-5-6-9(4,10)8(7,2)3;1-7(2)6(9)4-5-8(7,3)10/h10H,1,5-6H2,2-4H3;10H,4-5H2,1-3H3. The van der Waals surface area contributed by atoms with Gasteiger partial charge in [0.25, 0.3) is 0 Å². The summed E-state index contributed by atoms with van der Waals surface area (Å²) < 4.78 is 0. The van der Waals surface area contributed by atoms with Crippen LogP contribution in [0.4, 0.5) is 0 Å². The van der Waals surface area contributed by atoms with Gasteiger partial charge in [0, 0.05) is 11.8 Å². The first-order chi connectivity index (χ1) is 8.76.